The van der Waals surface area contributed by atoms with E-state index >= 15 is 0 Å². The highest BCUT2D eigenvalue weighted by Gasteiger charge is 2.36. The van der Waals surface area contributed by atoms with E-state index in [1.54, 1.807) is 0 Å². The number of aromatic amines is 1. The molecular weight excluding hydrogens is 246 g/mol. The van der Waals surface area contributed by atoms with Crippen LogP contribution in [0.1, 0.15) is 41.5 Å². The molecule has 0 amide bonds. The molecule has 1 saturated heterocycles. The second-order valence-corrected chi connectivity index (χ2v) is 6.22. The average molecular weight is 267 g/mol. The molecule has 0 radical (unpaired) electrons. The molecule has 20 heavy (non-hydrogen) atoms. The molecule has 3 heteroatoms. The van der Waals surface area contributed by atoms with Crippen molar-refractivity contribution >= 4 is 0 Å². The van der Waals surface area contributed by atoms with Crippen LogP contribution in [0.15, 0.2) is 30.3 Å². The first-order valence-corrected chi connectivity index (χ1v) is 7.63. The zero-order chi connectivity index (χ0) is 13.5. The van der Waals surface area contributed by atoms with Crippen molar-refractivity contribution in [2.75, 3.05) is 6.54 Å². The van der Waals surface area contributed by atoms with Crippen LogP contribution in [-0.2, 0) is 13.0 Å². The smallest absolute Gasteiger partial charge is 0.103 e. The zero-order valence-corrected chi connectivity index (χ0v) is 12.0. The highest BCUT2D eigenvalue weighted by molar-refractivity contribution is 5.26. The summed E-state index contributed by atoms with van der Waals surface area (Å²) in [4.78, 5) is 10.8. The number of fused-ring (bicyclic) bond motifs is 4. The minimum atomic E-state index is 0.681. The highest BCUT2D eigenvalue weighted by atomic mass is 15.2. The van der Waals surface area contributed by atoms with Crippen molar-refractivity contribution in [2.45, 2.75) is 44.7 Å². The molecule has 1 N–H and O–H groups in total. The quantitative estimate of drug-likeness (QED) is 0.907. The molecule has 0 unspecified atom stereocenters. The fourth-order valence-electron chi connectivity index (χ4n) is 3.87. The average Bonchev–Trinajstić information content (AvgIpc) is 2.84. The maximum atomic E-state index is 4.71. The summed E-state index contributed by atoms with van der Waals surface area (Å²) in [6.07, 6.45) is 3.67. The Morgan fingerprint density at radius 1 is 1.30 bits per heavy atom. The maximum Gasteiger partial charge on any atom is 0.103 e. The number of nitrogens with one attached hydrogen (secondary N) is 1. The molecule has 1 aromatic carbocycles. The van der Waals surface area contributed by atoms with Crippen LogP contribution in [-0.4, -0.2) is 27.5 Å². The van der Waals surface area contributed by atoms with Crippen LogP contribution in [0.25, 0.3) is 0 Å². The van der Waals surface area contributed by atoms with Crippen molar-refractivity contribution in [1.82, 2.24) is 14.9 Å². The number of hydrogen-bond acceptors (Lipinski definition) is 2. The number of aryl methyl sites for hydroxylation is 1. The van der Waals surface area contributed by atoms with Gasteiger partial charge in [0, 0.05) is 30.6 Å². The number of H-pyrrole nitrogens is 1. The van der Waals surface area contributed by atoms with Crippen LogP contribution in [0.5, 0.6) is 0 Å². The van der Waals surface area contributed by atoms with Gasteiger partial charge >= 0.3 is 0 Å². The van der Waals surface area contributed by atoms with Crippen LogP contribution in [0, 0.1) is 6.92 Å². The Morgan fingerprint density at radius 2 is 2.15 bits per heavy atom. The Bertz CT molecular complexity index is 602. The van der Waals surface area contributed by atoms with Crippen LogP contribution in [0.3, 0.4) is 0 Å². The van der Waals surface area contributed by atoms with Crippen LogP contribution in [0.2, 0.25) is 0 Å². The summed E-state index contributed by atoms with van der Waals surface area (Å²) in [6, 6.07) is 11.5. The Labute approximate surface area is 120 Å². The molecule has 2 heterocycles. The van der Waals surface area contributed by atoms with Crippen molar-refractivity contribution < 1.29 is 0 Å². The standard InChI is InChI=1S/C17H21N3/c1-12-18-16-10-15-9-14(17(16)19-12)7-8-20(15)11-13-5-3-2-4-6-13/h2-6,14-15H,7-11H2,1H3,(H,18,19)/t14-,15+/m1/s1. The molecular formula is C17H21N3. The summed E-state index contributed by atoms with van der Waals surface area (Å²) in [5.74, 6) is 1.76. The summed E-state index contributed by atoms with van der Waals surface area (Å²) >= 11 is 0. The molecule has 1 aromatic heterocycles. The monoisotopic (exact) mass is 267 g/mol. The van der Waals surface area contributed by atoms with Gasteiger partial charge in [-0.15, -0.1) is 0 Å². The Morgan fingerprint density at radius 3 is 3.00 bits per heavy atom. The number of nitrogens with zero attached hydrogens (tertiary/aromatic N) is 2. The van der Waals surface area contributed by atoms with Crippen molar-refractivity contribution in [2.24, 2.45) is 0 Å². The molecule has 104 valence electrons. The molecule has 3 nitrogen and oxygen atoms in total. The van der Waals surface area contributed by atoms with Gasteiger partial charge < -0.3 is 4.98 Å². The lowest BCUT2D eigenvalue weighted by molar-refractivity contribution is 0.115. The Kier molecular flexibility index (Phi) is 2.88. The second kappa shape index (κ2) is 4.74. The third kappa shape index (κ3) is 2.06. The minimum Gasteiger partial charge on any atom is -0.346 e. The van der Waals surface area contributed by atoms with E-state index in [0.717, 1.165) is 18.8 Å². The fraction of sp³-hybridized carbons (Fsp3) is 0.471. The fourth-order valence-corrected chi connectivity index (χ4v) is 3.87. The van der Waals surface area contributed by atoms with E-state index in [-0.39, 0.29) is 0 Å². The van der Waals surface area contributed by atoms with Gasteiger partial charge in [-0.2, -0.15) is 0 Å². The van der Waals surface area contributed by atoms with Gasteiger partial charge in [-0.3, -0.25) is 4.90 Å². The first-order valence-electron chi connectivity index (χ1n) is 7.63. The van der Waals surface area contributed by atoms with Gasteiger partial charge in [-0.05, 0) is 31.9 Å². The summed E-state index contributed by atoms with van der Waals surface area (Å²) in [7, 11) is 0. The van der Waals surface area contributed by atoms with E-state index in [2.05, 4.69) is 47.1 Å². The summed E-state index contributed by atoms with van der Waals surface area (Å²) in [5.41, 5.74) is 4.18. The third-order valence-corrected chi connectivity index (χ3v) is 4.82. The van der Waals surface area contributed by atoms with E-state index in [1.165, 1.54) is 36.3 Å². The topological polar surface area (TPSA) is 31.9 Å². The van der Waals surface area contributed by atoms with E-state index in [4.69, 9.17) is 4.98 Å². The lowest BCUT2D eigenvalue weighted by atomic mass is 9.80. The predicted octanol–water partition coefficient (Wildman–Crippen LogP) is 3.02. The van der Waals surface area contributed by atoms with E-state index in [0.29, 0.717) is 12.0 Å². The van der Waals surface area contributed by atoms with E-state index < -0.39 is 0 Å². The van der Waals surface area contributed by atoms with Crippen molar-refractivity contribution in [3.8, 4) is 0 Å². The van der Waals surface area contributed by atoms with Gasteiger partial charge in [-0.1, -0.05) is 30.3 Å². The van der Waals surface area contributed by atoms with Crippen molar-refractivity contribution in [3.63, 3.8) is 0 Å². The van der Waals surface area contributed by atoms with Crippen molar-refractivity contribution in [1.29, 1.82) is 0 Å². The lowest BCUT2D eigenvalue weighted by Gasteiger charge is -2.42. The first-order chi connectivity index (χ1) is 9.79. The summed E-state index contributed by atoms with van der Waals surface area (Å²) in [5, 5.41) is 0. The lowest BCUT2D eigenvalue weighted by Crippen LogP contribution is -2.45. The SMILES string of the molecule is Cc1nc2c([nH]1)C[C@@H]1C[C@H]2CCN1Cc1ccccc1. The molecule has 1 aliphatic heterocycles. The van der Waals surface area contributed by atoms with Crippen LogP contribution in [0.4, 0.5) is 0 Å². The second-order valence-electron chi connectivity index (χ2n) is 6.22. The molecule has 0 spiro atoms. The number of likely N-dealkylation sites (tertiary alicyclic amines) is 1. The Balaban J connectivity index is 1.56. The molecule has 1 aliphatic carbocycles. The van der Waals surface area contributed by atoms with Gasteiger partial charge in [0.15, 0.2) is 0 Å². The van der Waals surface area contributed by atoms with Crippen LogP contribution < -0.4 is 0 Å². The maximum absolute atomic E-state index is 4.71. The molecule has 1 fully saturated rings. The number of piperidine rings is 1. The first kappa shape index (κ1) is 12.2. The van der Waals surface area contributed by atoms with Crippen LogP contribution >= 0.6 is 0 Å². The van der Waals surface area contributed by atoms with E-state index in [9.17, 15) is 0 Å². The molecule has 2 bridgehead atoms. The van der Waals surface area contributed by atoms with Gasteiger partial charge in [0.05, 0.1) is 5.69 Å². The molecule has 4 rings (SSSR count). The minimum absolute atomic E-state index is 0.681. The summed E-state index contributed by atoms with van der Waals surface area (Å²) < 4.78 is 0. The number of rotatable bonds is 2. The van der Waals surface area contributed by atoms with Crippen molar-refractivity contribution in [3.05, 3.63) is 53.1 Å². The summed E-state index contributed by atoms with van der Waals surface area (Å²) in [6.45, 7) is 4.36. The third-order valence-electron chi connectivity index (χ3n) is 4.82. The molecule has 2 atom stereocenters. The molecule has 2 aromatic rings. The predicted molar refractivity (Wildman–Crippen MR) is 79.6 cm³/mol. The van der Waals surface area contributed by atoms with Gasteiger partial charge in [0.1, 0.15) is 5.82 Å². The zero-order valence-electron chi connectivity index (χ0n) is 12.0. The molecule has 0 saturated carbocycles. The van der Waals surface area contributed by atoms with Gasteiger partial charge in [0.2, 0.25) is 0 Å². The number of imidazole rings is 1. The number of hydrogen-bond donors (Lipinski definition) is 1. The normalized spacial score (nSPS) is 25.4. The van der Waals surface area contributed by atoms with Gasteiger partial charge in [0.25, 0.3) is 0 Å². The van der Waals surface area contributed by atoms with Gasteiger partial charge in [-0.25, -0.2) is 4.98 Å². The number of aromatic nitrogens is 2. The highest BCUT2D eigenvalue weighted by Crippen LogP contribution is 2.39. The van der Waals surface area contributed by atoms with E-state index in [1.807, 2.05) is 0 Å². The largest absolute Gasteiger partial charge is 0.346 e. The number of benzene rings is 1. The molecule has 2 aliphatic rings. The Hall–Kier alpha value is -1.61.